The summed E-state index contributed by atoms with van der Waals surface area (Å²) in [4.78, 5) is 11.4. The molecule has 0 amide bonds. The van der Waals surface area contributed by atoms with E-state index in [-0.39, 0.29) is 18.4 Å². The monoisotopic (exact) mass is 271 g/mol. The number of carbonyl (C=O) groups excluding carboxylic acids is 1. The molecule has 0 spiro atoms. The predicted molar refractivity (Wildman–Crippen MR) is 71.2 cm³/mol. The topological polar surface area (TPSA) is 52.3 Å². The van der Waals surface area contributed by atoms with Gasteiger partial charge in [0.2, 0.25) is 0 Å². The summed E-state index contributed by atoms with van der Waals surface area (Å²) in [7, 11) is 0. The van der Waals surface area contributed by atoms with Crippen LogP contribution in [0.5, 0.6) is 5.75 Å². The van der Waals surface area contributed by atoms with E-state index in [1.54, 1.807) is 18.2 Å². The number of hydrogen-bond acceptors (Lipinski definition) is 4. The molecule has 5 heteroatoms. The first kappa shape index (κ1) is 12.7. The van der Waals surface area contributed by atoms with Crippen LogP contribution in [0.1, 0.15) is 16.8 Å². The van der Waals surface area contributed by atoms with Crippen LogP contribution in [0.3, 0.4) is 0 Å². The van der Waals surface area contributed by atoms with Gasteiger partial charge in [-0.2, -0.15) is 11.8 Å². The Balaban J connectivity index is 2.10. The van der Waals surface area contributed by atoms with E-state index < -0.39 is 0 Å². The van der Waals surface area contributed by atoms with Gasteiger partial charge in [-0.1, -0.05) is 11.6 Å². The normalized spacial score (nSPS) is 19.3. The van der Waals surface area contributed by atoms with Crippen LogP contribution in [0.4, 0.5) is 0 Å². The summed E-state index contributed by atoms with van der Waals surface area (Å²) in [6, 6.07) is 5.07. The maximum Gasteiger partial charge on any atom is 0.176 e. The molecule has 1 heterocycles. The summed E-state index contributed by atoms with van der Waals surface area (Å²) in [5, 5.41) is 0.473. The molecule has 0 bridgehead atoms. The van der Waals surface area contributed by atoms with Gasteiger partial charge in [-0.25, -0.2) is 0 Å². The van der Waals surface area contributed by atoms with Gasteiger partial charge in [0.15, 0.2) is 5.78 Å². The van der Waals surface area contributed by atoms with Crippen molar-refractivity contribution in [1.82, 2.24) is 0 Å². The van der Waals surface area contributed by atoms with E-state index in [0.29, 0.717) is 16.3 Å². The fourth-order valence-corrected chi connectivity index (χ4v) is 2.99. The molecule has 1 aromatic carbocycles. The molecular weight excluding hydrogens is 258 g/mol. The maximum absolute atomic E-state index is 11.4. The summed E-state index contributed by atoms with van der Waals surface area (Å²) in [6.45, 7) is -0.00417. The zero-order valence-corrected chi connectivity index (χ0v) is 10.9. The van der Waals surface area contributed by atoms with Crippen molar-refractivity contribution in [3.8, 4) is 5.75 Å². The van der Waals surface area contributed by atoms with Gasteiger partial charge in [-0.3, -0.25) is 4.79 Å². The Labute approximate surface area is 110 Å². The first-order valence-electron chi connectivity index (χ1n) is 5.48. The van der Waals surface area contributed by atoms with Crippen LogP contribution >= 0.6 is 23.4 Å². The lowest BCUT2D eigenvalue weighted by Gasteiger charge is -2.14. The molecular formula is C12H14ClNO2S. The number of halogens is 1. The van der Waals surface area contributed by atoms with Gasteiger partial charge >= 0.3 is 0 Å². The summed E-state index contributed by atoms with van der Waals surface area (Å²) in [5.74, 6) is 2.66. The number of thioether (sulfide) groups is 1. The summed E-state index contributed by atoms with van der Waals surface area (Å²) < 4.78 is 5.78. The number of nitrogens with two attached hydrogens (primary N) is 1. The van der Waals surface area contributed by atoms with Gasteiger partial charge in [0.25, 0.3) is 0 Å². The Morgan fingerprint density at radius 3 is 3.00 bits per heavy atom. The van der Waals surface area contributed by atoms with Crippen LogP contribution < -0.4 is 10.5 Å². The molecule has 92 valence electrons. The summed E-state index contributed by atoms with van der Waals surface area (Å²) >= 11 is 7.96. The zero-order valence-electron chi connectivity index (χ0n) is 9.32. The molecule has 1 fully saturated rings. The average Bonchev–Trinajstić information content (AvgIpc) is 2.83. The minimum absolute atomic E-state index is 0.00417. The Morgan fingerprint density at radius 2 is 2.41 bits per heavy atom. The van der Waals surface area contributed by atoms with Gasteiger partial charge in [0, 0.05) is 11.3 Å². The van der Waals surface area contributed by atoms with E-state index in [1.165, 1.54) is 0 Å². The highest BCUT2D eigenvalue weighted by molar-refractivity contribution is 7.99. The van der Waals surface area contributed by atoms with E-state index in [1.807, 2.05) is 11.8 Å². The molecule has 17 heavy (non-hydrogen) atoms. The number of benzene rings is 1. The van der Waals surface area contributed by atoms with Gasteiger partial charge in [0.05, 0.1) is 11.6 Å². The molecule has 2 rings (SSSR count). The number of Topliss-reactive ketones (excluding diaryl/α,β-unsaturated/α-hetero) is 1. The molecule has 1 aliphatic rings. The highest BCUT2D eigenvalue weighted by Crippen LogP contribution is 2.29. The van der Waals surface area contributed by atoms with Crippen LogP contribution in [0, 0.1) is 0 Å². The number of ether oxygens (including phenoxy) is 1. The number of hydrogen-bond donors (Lipinski definition) is 1. The predicted octanol–water partition coefficient (Wildman–Crippen LogP) is 2.37. The minimum atomic E-state index is -0.116. The summed E-state index contributed by atoms with van der Waals surface area (Å²) in [6.07, 6.45) is 1.28. The van der Waals surface area contributed by atoms with Crippen molar-refractivity contribution in [3.63, 3.8) is 0 Å². The molecule has 2 N–H and O–H groups in total. The first-order valence-corrected chi connectivity index (χ1v) is 7.01. The second kappa shape index (κ2) is 5.76. The summed E-state index contributed by atoms with van der Waals surface area (Å²) in [5.41, 5.74) is 5.83. The van der Waals surface area contributed by atoms with Crippen LogP contribution in [0.25, 0.3) is 0 Å². The van der Waals surface area contributed by atoms with Crippen LogP contribution in [0.15, 0.2) is 18.2 Å². The van der Waals surface area contributed by atoms with Gasteiger partial charge in [-0.05, 0) is 30.4 Å². The molecule has 0 aliphatic carbocycles. The highest BCUT2D eigenvalue weighted by Gasteiger charge is 2.18. The third-order valence-corrected chi connectivity index (χ3v) is 4.05. The number of rotatable bonds is 4. The van der Waals surface area contributed by atoms with Crippen molar-refractivity contribution in [2.45, 2.75) is 12.5 Å². The first-order chi connectivity index (χ1) is 8.20. The molecule has 1 atom stereocenters. The van der Waals surface area contributed by atoms with Crippen molar-refractivity contribution in [1.29, 1.82) is 0 Å². The van der Waals surface area contributed by atoms with E-state index in [0.717, 1.165) is 17.9 Å². The van der Waals surface area contributed by atoms with Gasteiger partial charge < -0.3 is 10.5 Å². The fourth-order valence-electron chi connectivity index (χ4n) is 1.67. The smallest absolute Gasteiger partial charge is 0.176 e. The molecule has 1 aliphatic heterocycles. The fraction of sp³-hybridized carbons (Fsp3) is 0.417. The van der Waals surface area contributed by atoms with E-state index in [2.05, 4.69) is 0 Å². The quantitative estimate of drug-likeness (QED) is 0.855. The SMILES string of the molecule is NCC(=O)c1ccc(OC2CCSC2)c(Cl)c1. The third-order valence-electron chi connectivity index (χ3n) is 2.62. The van der Waals surface area contributed by atoms with Crippen molar-refractivity contribution < 1.29 is 9.53 Å². The van der Waals surface area contributed by atoms with E-state index >= 15 is 0 Å². The van der Waals surface area contributed by atoms with Crippen molar-refractivity contribution >= 4 is 29.1 Å². The third kappa shape index (κ3) is 3.15. The lowest BCUT2D eigenvalue weighted by atomic mass is 10.1. The Hall–Kier alpha value is -0.710. The highest BCUT2D eigenvalue weighted by atomic mass is 35.5. The van der Waals surface area contributed by atoms with Crippen molar-refractivity contribution in [2.24, 2.45) is 5.73 Å². The average molecular weight is 272 g/mol. The van der Waals surface area contributed by atoms with Crippen molar-refractivity contribution in [2.75, 3.05) is 18.1 Å². The number of carbonyl (C=O) groups is 1. The van der Waals surface area contributed by atoms with Crippen molar-refractivity contribution in [3.05, 3.63) is 28.8 Å². The molecule has 0 saturated carbocycles. The number of ketones is 1. The van der Waals surface area contributed by atoms with E-state index in [9.17, 15) is 4.79 Å². The van der Waals surface area contributed by atoms with Crippen LogP contribution in [0.2, 0.25) is 5.02 Å². The molecule has 1 aromatic rings. The molecule has 0 aromatic heterocycles. The molecule has 1 saturated heterocycles. The van der Waals surface area contributed by atoms with E-state index in [4.69, 9.17) is 22.1 Å². The maximum atomic E-state index is 11.4. The lowest BCUT2D eigenvalue weighted by Crippen LogP contribution is -2.16. The zero-order chi connectivity index (χ0) is 12.3. The minimum Gasteiger partial charge on any atom is -0.488 e. The molecule has 1 unspecified atom stereocenters. The second-order valence-corrected chi connectivity index (χ2v) is 5.43. The largest absolute Gasteiger partial charge is 0.488 e. The van der Waals surface area contributed by atoms with Crippen LogP contribution in [-0.2, 0) is 0 Å². The molecule has 3 nitrogen and oxygen atoms in total. The molecule has 0 radical (unpaired) electrons. The lowest BCUT2D eigenvalue weighted by molar-refractivity contribution is 0.100. The van der Waals surface area contributed by atoms with Gasteiger partial charge in [-0.15, -0.1) is 0 Å². The second-order valence-electron chi connectivity index (χ2n) is 3.88. The standard InChI is InChI=1S/C12H14ClNO2S/c13-10-5-8(11(15)6-14)1-2-12(10)16-9-3-4-17-7-9/h1-2,5,9H,3-4,6-7,14H2. The van der Waals surface area contributed by atoms with Crippen LogP contribution in [-0.4, -0.2) is 29.9 Å². The Bertz CT molecular complexity index is 419. The Morgan fingerprint density at radius 1 is 1.59 bits per heavy atom. The Kier molecular flexibility index (Phi) is 4.31. The van der Waals surface area contributed by atoms with Gasteiger partial charge in [0.1, 0.15) is 11.9 Å².